The van der Waals surface area contributed by atoms with Crippen molar-refractivity contribution in [2.75, 3.05) is 13.2 Å². The van der Waals surface area contributed by atoms with Gasteiger partial charge in [0.15, 0.2) is 0 Å². The number of hydrogen-bond donors (Lipinski definition) is 3. The number of carbonyl (C=O) groups is 2. The minimum atomic E-state index is -0.848. The van der Waals surface area contributed by atoms with E-state index in [1.54, 1.807) is 6.08 Å². The Morgan fingerprint density at radius 2 is 0.639 bits per heavy atom. The average Bonchev–Trinajstić information content (AvgIpc) is 3.38. The zero-order valence-electron chi connectivity index (χ0n) is 48.9. The van der Waals surface area contributed by atoms with Gasteiger partial charge >= 0.3 is 5.97 Å². The summed E-state index contributed by atoms with van der Waals surface area (Å²) in [6, 6.07) is -0.632. The van der Waals surface area contributed by atoms with Gasteiger partial charge in [0.25, 0.3) is 0 Å². The van der Waals surface area contributed by atoms with E-state index in [1.165, 1.54) is 308 Å². The first-order valence-electron chi connectivity index (χ1n) is 33.0. The molecule has 0 saturated heterocycles. The van der Waals surface area contributed by atoms with Crippen LogP contribution in [0.4, 0.5) is 0 Å². The second-order valence-electron chi connectivity index (χ2n) is 22.8. The Morgan fingerprint density at radius 3 is 0.944 bits per heavy atom. The number of allylic oxidation sites excluding steroid dienone is 1. The Hall–Kier alpha value is -1.40. The highest BCUT2D eigenvalue weighted by molar-refractivity contribution is 5.76. The molecule has 72 heavy (non-hydrogen) atoms. The number of hydrogen-bond acceptors (Lipinski definition) is 5. The number of esters is 1. The molecule has 428 valence electrons. The fourth-order valence-corrected chi connectivity index (χ4v) is 10.5. The lowest BCUT2D eigenvalue weighted by Crippen LogP contribution is -2.45. The summed E-state index contributed by atoms with van der Waals surface area (Å²) in [5.41, 5.74) is 0. The Kier molecular flexibility index (Phi) is 60.9. The number of ether oxygens (including phenoxy) is 1. The van der Waals surface area contributed by atoms with Crippen LogP contribution in [0.1, 0.15) is 373 Å². The largest absolute Gasteiger partial charge is 0.466 e. The molecule has 0 heterocycles. The van der Waals surface area contributed by atoms with Gasteiger partial charge < -0.3 is 20.3 Å². The fraction of sp³-hybridized carbons (Fsp3) is 0.939. The summed E-state index contributed by atoms with van der Waals surface area (Å²) in [4.78, 5) is 24.6. The van der Waals surface area contributed by atoms with Gasteiger partial charge in [0.1, 0.15) is 0 Å². The summed E-state index contributed by atoms with van der Waals surface area (Å²) in [5.74, 6) is -0.0597. The van der Waals surface area contributed by atoms with Crippen molar-refractivity contribution in [2.24, 2.45) is 0 Å². The van der Waals surface area contributed by atoms with E-state index in [0.717, 1.165) is 38.5 Å². The third-order valence-electron chi connectivity index (χ3n) is 15.6. The van der Waals surface area contributed by atoms with E-state index in [0.29, 0.717) is 19.4 Å². The highest BCUT2D eigenvalue weighted by atomic mass is 16.5. The summed E-state index contributed by atoms with van der Waals surface area (Å²) in [6.07, 6.45) is 75.4. The molecule has 0 rings (SSSR count). The molecule has 6 nitrogen and oxygen atoms in total. The molecule has 2 atom stereocenters. The predicted molar refractivity (Wildman–Crippen MR) is 315 cm³/mol. The van der Waals surface area contributed by atoms with E-state index in [9.17, 15) is 19.8 Å². The summed E-state index contributed by atoms with van der Waals surface area (Å²) < 4.78 is 5.49. The van der Waals surface area contributed by atoms with E-state index in [-0.39, 0.29) is 18.5 Å². The number of rotatable bonds is 62. The van der Waals surface area contributed by atoms with Crippen LogP contribution < -0.4 is 5.32 Å². The van der Waals surface area contributed by atoms with Gasteiger partial charge in [-0.05, 0) is 32.1 Å². The van der Waals surface area contributed by atoms with E-state index < -0.39 is 12.1 Å². The first-order valence-corrected chi connectivity index (χ1v) is 33.0. The number of aliphatic hydroxyl groups is 2. The number of aliphatic hydroxyl groups excluding tert-OH is 2. The smallest absolute Gasteiger partial charge is 0.305 e. The first-order chi connectivity index (χ1) is 35.5. The van der Waals surface area contributed by atoms with Crippen LogP contribution in [0.15, 0.2) is 12.2 Å². The molecule has 0 aliphatic heterocycles. The molecule has 0 aromatic heterocycles. The maximum atomic E-state index is 12.5. The van der Waals surface area contributed by atoms with Gasteiger partial charge in [-0.2, -0.15) is 0 Å². The van der Waals surface area contributed by atoms with Crippen LogP contribution >= 0.6 is 0 Å². The lowest BCUT2D eigenvalue weighted by Gasteiger charge is -2.20. The minimum Gasteiger partial charge on any atom is -0.466 e. The quantitative estimate of drug-likeness (QED) is 0.0320. The predicted octanol–water partition coefficient (Wildman–Crippen LogP) is 20.8. The van der Waals surface area contributed by atoms with Crippen molar-refractivity contribution >= 4 is 11.9 Å². The molecule has 0 spiro atoms. The van der Waals surface area contributed by atoms with Crippen LogP contribution in [0.5, 0.6) is 0 Å². The zero-order chi connectivity index (χ0) is 52.2. The van der Waals surface area contributed by atoms with Crippen LogP contribution in [-0.4, -0.2) is 47.4 Å². The average molecular weight is 1020 g/mol. The van der Waals surface area contributed by atoms with E-state index >= 15 is 0 Å². The van der Waals surface area contributed by atoms with E-state index in [4.69, 9.17) is 4.74 Å². The first kappa shape index (κ1) is 70.6. The van der Waals surface area contributed by atoms with Crippen molar-refractivity contribution in [1.29, 1.82) is 0 Å². The molecule has 0 saturated carbocycles. The van der Waals surface area contributed by atoms with Crippen LogP contribution in [0, 0.1) is 0 Å². The van der Waals surface area contributed by atoms with Gasteiger partial charge in [0.05, 0.1) is 25.4 Å². The standard InChI is InChI=1S/C66H129NO5/c1-3-5-7-9-11-13-15-17-19-21-22-23-24-25-27-30-34-38-42-46-50-54-58-64(69)63(62-68)67-65(70)59-55-51-47-43-39-35-31-28-26-29-33-37-41-45-49-53-57-61-72-66(71)60-56-52-48-44-40-36-32-20-18-16-14-12-10-8-6-4-2/h54,58,63-64,68-69H,3-53,55-57,59-62H2,1-2H3,(H,67,70)/b58-54+. The molecule has 0 radical (unpaired) electrons. The molecule has 0 aromatic rings. The Labute approximate surface area is 450 Å². The second-order valence-corrected chi connectivity index (χ2v) is 22.8. The number of nitrogens with one attached hydrogen (secondary N) is 1. The normalized spacial score (nSPS) is 12.6. The summed E-state index contributed by atoms with van der Waals surface area (Å²) in [6.45, 7) is 4.93. The monoisotopic (exact) mass is 1020 g/mol. The summed E-state index contributed by atoms with van der Waals surface area (Å²) in [7, 11) is 0. The van der Waals surface area contributed by atoms with Crippen molar-refractivity contribution in [3.63, 3.8) is 0 Å². The maximum absolute atomic E-state index is 12.5. The van der Waals surface area contributed by atoms with Gasteiger partial charge in [-0.15, -0.1) is 0 Å². The van der Waals surface area contributed by atoms with Crippen molar-refractivity contribution in [2.45, 2.75) is 386 Å². The van der Waals surface area contributed by atoms with Gasteiger partial charge in [0.2, 0.25) is 5.91 Å². The van der Waals surface area contributed by atoms with Gasteiger partial charge in [-0.3, -0.25) is 9.59 Å². The molecule has 0 bridgehead atoms. The van der Waals surface area contributed by atoms with Crippen molar-refractivity contribution in [3.8, 4) is 0 Å². The molecule has 1 amide bonds. The zero-order valence-corrected chi connectivity index (χ0v) is 48.9. The maximum Gasteiger partial charge on any atom is 0.305 e. The summed E-state index contributed by atoms with van der Waals surface area (Å²) >= 11 is 0. The van der Waals surface area contributed by atoms with Crippen LogP contribution in [0.2, 0.25) is 0 Å². The topological polar surface area (TPSA) is 95.9 Å². The van der Waals surface area contributed by atoms with Crippen molar-refractivity contribution in [3.05, 3.63) is 12.2 Å². The molecular formula is C66H129NO5. The molecule has 0 fully saturated rings. The van der Waals surface area contributed by atoms with Crippen molar-refractivity contribution in [1.82, 2.24) is 5.32 Å². The highest BCUT2D eigenvalue weighted by Gasteiger charge is 2.18. The molecule has 0 aliphatic rings. The molecule has 6 heteroatoms. The minimum absolute atomic E-state index is 0.00907. The molecule has 0 aromatic carbocycles. The molecule has 2 unspecified atom stereocenters. The van der Waals surface area contributed by atoms with Gasteiger partial charge in [-0.25, -0.2) is 0 Å². The van der Waals surface area contributed by atoms with Gasteiger partial charge in [-0.1, -0.05) is 341 Å². The molecule has 3 N–H and O–H groups in total. The lowest BCUT2D eigenvalue weighted by atomic mass is 10.0. The number of carbonyl (C=O) groups excluding carboxylic acids is 2. The Morgan fingerprint density at radius 1 is 0.375 bits per heavy atom. The molecular weight excluding hydrogens is 887 g/mol. The lowest BCUT2D eigenvalue weighted by molar-refractivity contribution is -0.143. The Balaban J connectivity index is 3.42. The number of unbranched alkanes of at least 4 members (excludes halogenated alkanes) is 51. The molecule has 0 aliphatic carbocycles. The Bertz CT molecular complexity index is 1080. The van der Waals surface area contributed by atoms with E-state index in [2.05, 4.69) is 19.2 Å². The highest BCUT2D eigenvalue weighted by Crippen LogP contribution is 2.19. The van der Waals surface area contributed by atoms with E-state index in [1.807, 2.05) is 6.08 Å². The van der Waals surface area contributed by atoms with Gasteiger partial charge in [0, 0.05) is 12.8 Å². The number of amides is 1. The SMILES string of the molecule is CCCCCCCCCCCCCCCCCCCCCC/C=C/C(O)C(CO)NC(=O)CCCCCCCCCCCCCCCCCCCOC(=O)CCCCCCCCCCCCCCCCCC. The van der Waals surface area contributed by atoms with Crippen LogP contribution in [0.25, 0.3) is 0 Å². The van der Waals surface area contributed by atoms with Crippen LogP contribution in [-0.2, 0) is 14.3 Å². The summed E-state index contributed by atoms with van der Waals surface area (Å²) in [5, 5.41) is 23.2. The van der Waals surface area contributed by atoms with Crippen molar-refractivity contribution < 1.29 is 24.5 Å². The van der Waals surface area contributed by atoms with Crippen LogP contribution in [0.3, 0.4) is 0 Å². The third-order valence-corrected chi connectivity index (χ3v) is 15.6. The fourth-order valence-electron chi connectivity index (χ4n) is 10.5. The third kappa shape index (κ3) is 57.9. The second kappa shape index (κ2) is 62.1.